The molecule has 2 aromatic heterocycles. The van der Waals surface area contributed by atoms with Crippen molar-refractivity contribution < 1.29 is 9.15 Å². The lowest BCUT2D eigenvalue weighted by Gasteiger charge is -2.22. The average Bonchev–Trinajstić information content (AvgIpc) is 3.30. The topological polar surface area (TPSA) is 60.5 Å². The van der Waals surface area contributed by atoms with Crippen LogP contribution >= 0.6 is 11.6 Å². The van der Waals surface area contributed by atoms with Gasteiger partial charge in [-0.15, -0.1) is 0 Å². The molecule has 0 amide bonds. The number of benzene rings is 2. The van der Waals surface area contributed by atoms with Crippen molar-refractivity contribution in [1.29, 1.82) is 0 Å². The lowest BCUT2D eigenvalue weighted by atomic mass is 10.1. The van der Waals surface area contributed by atoms with Crippen LogP contribution in [0.4, 0.5) is 0 Å². The predicted molar refractivity (Wildman–Crippen MR) is 121 cm³/mol. The fourth-order valence-corrected chi connectivity index (χ4v) is 3.76. The second-order valence-corrected chi connectivity index (χ2v) is 7.88. The molecule has 0 bridgehead atoms. The first-order valence-corrected chi connectivity index (χ1v) is 10.5. The number of fused-ring (bicyclic) bond motifs is 1. The molecule has 4 aromatic rings. The van der Waals surface area contributed by atoms with E-state index in [0.717, 1.165) is 30.8 Å². The lowest BCUT2D eigenvalue weighted by molar-refractivity contribution is 0.246. The zero-order chi connectivity index (χ0) is 21.6. The summed E-state index contributed by atoms with van der Waals surface area (Å²) in [5.74, 6) is 0.822. The number of nitrogens with zero attached hydrogens (tertiary/aromatic N) is 3. The fourth-order valence-electron chi connectivity index (χ4n) is 3.59. The maximum absolute atomic E-state index is 13.0. The van der Waals surface area contributed by atoms with Crippen LogP contribution in [0.5, 0.6) is 5.75 Å². The van der Waals surface area contributed by atoms with Gasteiger partial charge in [-0.25, -0.2) is 4.98 Å². The standard InChI is InChI=1S/C24H24ClN3O3/c1-30-21-6-3-18(4-7-21)14-28(11-2-10-27-12-9-26-17-27)15-19-16-31-23-8-5-20(25)13-22(23)24(19)29/h3-9,12-13,16-17H,2,10-11,14-15H2,1H3. The van der Waals surface area contributed by atoms with Gasteiger partial charge in [0.2, 0.25) is 0 Å². The lowest BCUT2D eigenvalue weighted by Crippen LogP contribution is -2.27. The van der Waals surface area contributed by atoms with E-state index >= 15 is 0 Å². The van der Waals surface area contributed by atoms with Crippen LogP contribution in [0.3, 0.4) is 0 Å². The van der Waals surface area contributed by atoms with Crippen LogP contribution in [0.2, 0.25) is 5.02 Å². The van der Waals surface area contributed by atoms with E-state index < -0.39 is 0 Å². The van der Waals surface area contributed by atoms with Crippen molar-refractivity contribution in [2.45, 2.75) is 26.1 Å². The van der Waals surface area contributed by atoms with Gasteiger partial charge in [-0.3, -0.25) is 9.69 Å². The first-order chi connectivity index (χ1) is 15.1. The number of rotatable bonds is 9. The van der Waals surface area contributed by atoms with Crippen LogP contribution in [0.1, 0.15) is 17.5 Å². The Morgan fingerprint density at radius 2 is 2.00 bits per heavy atom. The molecule has 0 aliphatic carbocycles. The molecule has 4 rings (SSSR count). The minimum Gasteiger partial charge on any atom is -0.497 e. The molecule has 0 N–H and O–H groups in total. The summed E-state index contributed by atoms with van der Waals surface area (Å²) < 4.78 is 13.0. The van der Waals surface area contributed by atoms with Crippen molar-refractivity contribution in [2.75, 3.05) is 13.7 Å². The maximum Gasteiger partial charge on any atom is 0.197 e. The number of aromatic nitrogens is 2. The smallest absolute Gasteiger partial charge is 0.197 e. The summed E-state index contributed by atoms with van der Waals surface area (Å²) in [6.45, 7) is 2.87. The van der Waals surface area contributed by atoms with Crippen molar-refractivity contribution in [2.24, 2.45) is 0 Å². The van der Waals surface area contributed by atoms with Crippen molar-refractivity contribution >= 4 is 22.6 Å². The maximum atomic E-state index is 13.0. The molecule has 6 nitrogen and oxygen atoms in total. The molecule has 0 fully saturated rings. The highest BCUT2D eigenvalue weighted by molar-refractivity contribution is 6.31. The van der Waals surface area contributed by atoms with E-state index in [1.165, 1.54) is 0 Å². The molecule has 0 atom stereocenters. The molecular weight excluding hydrogens is 414 g/mol. The van der Waals surface area contributed by atoms with E-state index in [1.54, 1.807) is 37.8 Å². The largest absolute Gasteiger partial charge is 0.497 e. The summed E-state index contributed by atoms with van der Waals surface area (Å²) >= 11 is 6.09. The SMILES string of the molecule is COc1ccc(CN(CCCn2ccnc2)Cc2coc3ccc(Cl)cc3c2=O)cc1. The van der Waals surface area contributed by atoms with Gasteiger partial charge in [0.05, 0.1) is 25.1 Å². The molecule has 0 saturated heterocycles. The Balaban J connectivity index is 1.54. The summed E-state index contributed by atoms with van der Waals surface area (Å²) in [5, 5.41) is 1.03. The third kappa shape index (κ3) is 5.34. The Hall–Kier alpha value is -3.09. The van der Waals surface area contributed by atoms with Gasteiger partial charge in [-0.05, 0) is 42.3 Å². The number of aryl methyl sites for hydroxylation is 1. The first-order valence-electron chi connectivity index (χ1n) is 10.1. The van der Waals surface area contributed by atoms with Crippen LogP contribution < -0.4 is 10.2 Å². The molecule has 0 radical (unpaired) electrons. The number of hydrogen-bond donors (Lipinski definition) is 0. The van der Waals surface area contributed by atoms with E-state index in [-0.39, 0.29) is 5.43 Å². The summed E-state index contributed by atoms with van der Waals surface area (Å²) in [4.78, 5) is 19.4. The number of imidazole rings is 1. The van der Waals surface area contributed by atoms with Crippen molar-refractivity contribution in [3.8, 4) is 5.75 Å². The van der Waals surface area contributed by atoms with E-state index in [2.05, 4.69) is 14.5 Å². The Bertz CT molecular complexity index is 1190. The molecule has 0 saturated carbocycles. The minimum absolute atomic E-state index is 0.0434. The summed E-state index contributed by atoms with van der Waals surface area (Å²) in [6.07, 6.45) is 8.04. The summed E-state index contributed by atoms with van der Waals surface area (Å²) in [6, 6.07) is 13.1. The highest BCUT2D eigenvalue weighted by atomic mass is 35.5. The Morgan fingerprint density at radius 1 is 1.16 bits per heavy atom. The molecule has 0 aliphatic heterocycles. The normalized spacial score (nSPS) is 11.3. The highest BCUT2D eigenvalue weighted by Gasteiger charge is 2.13. The van der Waals surface area contributed by atoms with Crippen LogP contribution in [0, 0.1) is 0 Å². The van der Waals surface area contributed by atoms with Gasteiger partial charge in [-0.2, -0.15) is 0 Å². The predicted octanol–water partition coefficient (Wildman–Crippen LogP) is 4.74. The molecule has 160 valence electrons. The molecule has 0 spiro atoms. The van der Waals surface area contributed by atoms with E-state index in [9.17, 15) is 4.79 Å². The number of hydrogen-bond acceptors (Lipinski definition) is 5. The molecule has 2 heterocycles. The van der Waals surface area contributed by atoms with Gasteiger partial charge < -0.3 is 13.7 Å². The zero-order valence-corrected chi connectivity index (χ0v) is 18.1. The van der Waals surface area contributed by atoms with Crippen LogP contribution in [-0.2, 0) is 19.6 Å². The van der Waals surface area contributed by atoms with Crippen molar-refractivity contribution in [1.82, 2.24) is 14.5 Å². The molecular formula is C24H24ClN3O3. The summed E-state index contributed by atoms with van der Waals surface area (Å²) in [5.41, 5.74) is 2.26. The minimum atomic E-state index is -0.0434. The molecule has 7 heteroatoms. The third-order valence-electron chi connectivity index (χ3n) is 5.22. The van der Waals surface area contributed by atoms with Gasteiger partial charge in [0.25, 0.3) is 0 Å². The van der Waals surface area contributed by atoms with Gasteiger partial charge in [-0.1, -0.05) is 23.7 Å². The molecule has 31 heavy (non-hydrogen) atoms. The van der Waals surface area contributed by atoms with E-state index in [1.807, 2.05) is 36.8 Å². The molecule has 0 unspecified atom stereocenters. The quantitative estimate of drug-likeness (QED) is 0.378. The monoisotopic (exact) mass is 437 g/mol. The number of halogens is 1. The zero-order valence-electron chi connectivity index (χ0n) is 17.3. The fraction of sp³-hybridized carbons (Fsp3) is 0.250. The second-order valence-electron chi connectivity index (χ2n) is 7.44. The van der Waals surface area contributed by atoms with Crippen LogP contribution in [0.25, 0.3) is 11.0 Å². The Kier molecular flexibility index (Phi) is 6.70. The van der Waals surface area contributed by atoms with Crippen molar-refractivity contribution in [3.05, 3.63) is 93.8 Å². The van der Waals surface area contributed by atoms with Gasteiger partial charge in [0.15, 0.2) is 5.43 Å². The van der Waals surface area contributed by atoms with Gasteiger partial charge in [0.1, 0.15) is 11.3 Å². The molecule has 2 aromatic carbocycles. The van der Waals surface area contributed by atoms with Crippen LogP contribution in [-0.4, -0.2) is 28.1 Å². The third-order valence-corrected chi connectivity index (χ3v) is 5.45. The average molecular weight is 438 g/mol. The Labute approximate surface area is 185 Å². The van der Waals surface area contributed by atoms with Crippen LogP contribution in [0.15, 0.2) is 76.7 Å². The van der Waals surface area contributed by atoms with E-state index in [4.69, 9.17) is 20.8 Å². The number of ether oxygens (including phenoxy) is 1. The number of methoxy groups -OCH3 is 1. The highest BCUT2D eigenvalue weighted by Crippen LogP contribution is 2.19. The first kappa shape index (κ1) is 21.2. The van der Waals surface area contributed by atoms with Gasteiger partial charge in [0, 0.05) is 49.2 Å². The second kappa shape index (κ2) is 9.81. The van der Waals surface area contributed by atoms with Crippen molar-refractivity contribution in [3.63, 3.8) is 0 Å². The van der Waals surface area contributed by atoms with Gasteiger partial charge >= 0.3 is 0 Å². The van der Waals surface area contributed by atoms with E-state index in [0.29, 0.717) is 34.6 Å². The summed E-state index contributed by atoms with van der Waals surface area (Å²) in [7, 11) is 1.66. The molecule has 0 aliphatic rings. The Morgan fingerprint density at radius 3 is 2.74 bits per heavy atom.